The Labute approximate surface area is 105 Å². The lowest BCUT2D eigenvalue weighted by Crippen LogP contribution is -2.09. The molecule has 0 aliphatic carbocycles. The van der Waals surface area contributed by atoms with Gasteiger partial charge in [0.2, 0.25) is 0 Å². The first kappa shape index (κ1) is 12.4. The van der Waals surface area contributed by atoms with Gasteiger partial charge in [0.05, 0.1) is 12.1 Å². The lowest BCUT2D eigenvalue weighted by atomic mass is 10.1. The first-order valence-corrected chi connectivity index (χ1v) is 5.83. The topological polar surface area (TPSA) is 59.4 Å². The summed E-state index contributed by atoms with van der Waals surface area (Å²) in [6.45, 7) is 4.52. The normalized spacial score (nSPS) is 10.8. The Morgan fingerprint density at radius 1 is 1.39 bits per heavy atom. The summed E-state index contributed by atoms with van der Waals surface area (Å²) in [7, 11) is 0. The van der Waals surface area contributed by atoms with Crippen LogP contribution in [0.4, 0.5) is 0 Å². The van der Waals surface area contributed by atoms with E-state index in [9.17, 15) is 9.90 Å². The van der Waals surface area contributed by atoms with Crippen LogP contribution in [0.1, 0.15) is 24.2 Å². The number of carboxylic acid groups (broad SMARTS) is 1. The fraction of sp³-hybridized carbons (Fsp3) is 0.286. The minimum absolute atomic E-state index is 0.106. The third-order valence-corrected chi connectivity index (χ3v) is 2.52. The first-order valence-electron chi connectivity index (χ1n) is 5.83. The van der Waals surface area contributed by atoms with E-state index in [0.717, 1.165) is 10.9 Å². The van der Waals surface area contributed by atoms with E-state index in [4.69, 9.17) is 4.74 Å². The molecule has 0 aliphatic heterocycles. The van der Waals surface area contributed by atoms with E-state index in [2.05, 4.69) is 4.98 Å². The number of benzene rings is 1. The number of carbonyl (C=O) groups is 1. The van der Waals surface area contributed by atoms with E-state index in [-0.39, 0.29) is 5.56 Å². The Bertz CT molecular complexity index is 578. The molecule has 2 rings (SSSR count). The van der Waals surface area contributed by atoms with Crippen molar-refractivity contribution in [1.29, 1.82) is 0 Å². The maximum Gasteiger partial charge on any atom is 0.341 e. The van der Waals surface area contributed by atoms with Crippen molar-refractivity contribution in [2.75, 3.05) is 6.61 Å². The molecule has 1 aromatic heterocycles. The molecule has 0 spiro atoms. The van der Waals surface area contributed by atoms with Crippen molar-refractivity contribution < 1.29 is 14.6 Å². The zero-order valence-electron chi connectivity index (χ0n) is 10.4. The summed E-state index contributed by atoms with van der Waals surface area (Å²) < 4.78 is 5.65. The smallest absolute Gasteiger partial charge is 0.341 e. The van der Waals surface area contributed by atoms with Gasteiger partial charge in [0, 0.05) is 11.6 Å². The second-order valence-corrected chi connectivity index (χ2v) is 4.53. The summed E-state index contributed by atoms with van der Waals surface area (Å²) in [5, 5.41) is 9.90. The highest BCUT2D eigenvalue weighted by atomic mass is 16.5. The lowest BCUT2D eigenvalue weighted by Gasteiger charge is -2.13. The zero-order valence-corrected chi connectivity index (χ0v) is 10.4. The number of aromatic carboxylic acids is 1. The van der Waals surface area contributed by atoms with Gasteiger partial charge < -0.3 is 9.84 Å². The maximum absolute atomic E-state index is 11.2. The minimum Gasteiger partial charge on any atom is -0.492 e. The summed E-state index contributed by atoms with van der Waals surface area (Å²) >= 11 is 0. The number of aromatic nitrogens is 1. The molecule has 0 radical (unpaired) electrons. The van der Waals surface area contributed by atoms with Crippen molar-refractivity contribution in [2.24, 2.45) is 5.92 Å². The molecule has 2 aromatic rings. The summed E-state index contributed by atoms with van der Waals surface area (Å²) in [6, 6.07) is 7.37. The van der Waals surface area contributed by atoms with E-state index in [1.54, 1.807) is 0 Å². The van der Waals surface area contributed by atoms with Gasteiger partial charge in [-0.25, -0.2) is 4.79 Å². The monoisotopic (exact) mass is 245 g/mol. The number of carboxylic acids is 1. The summed E-state index contributed by atoms with van der Waals surface area (Å²) in [5.74, 6) is -0.285. The highest BCUT2D eigenvalue weighted by Crippen LogP contribution is 2.28. The quantitative estimate of drug-likeness (QED) is 0.899. The van der Waals surface area contributed by atoms with Crippen LogP contribution in [0.2, 0.25) is 0 Å². The molecule has 0 bridgehead atoms. The van der Waals surface area contributed by atoms with E-state index in [0.29, 0.717) is 18.3 Å². The standard InChI is InChI=1S/C14H15NO3/c1-9(2)8-18-13-10-5-3-4-6-12(10)15-7-11(13)14(16)17/h3-7,9H,8H2,1-2H3,(H,16,17). The van der Waals surface area contributed by atoms with Gasteiger partial charge in [-0.15, -0.1) is 0 Å². The van der Waals surface area contributed by atoms with Crippen LogP contribution >= 0.6 is 0 Å². The van der Waals surface area contributed by atoms with Crippen LogP contribution < -0.4 is 4.74 Å². The van der Waals surface area contributed by atoms with Crippen LogP contribution in [0.25, 0.3) is 10.9 Å². The Balaban J connectivity index is 2.55. The number of rotatable bonds is 4. The Morgan fingerprint density at radius 2 is 2.11 bits per heavy atom. The Hall–Kier alpha value is -2.10. The Kier molecular flexibility index (Phi) is 3.46. The van der Waals surface area contributed by atoms with Gasteiger partial charge in [0.25, 0.3) is 0 Å². The molecule has 0 unspecified atom stereocenters. The van der Waals surface area contributed by atoms with Crippen LogP contribution in [0, 0.1) is 5.92 Å². The molecule has 1 aromatic carbocycles. The minimum atomic E-state index is -1.02. The number of nitrogens with zero attached hydrogens (tertiary/aromatic N) is 1. The van der Waals surface area contributed by atoms with E-state index >= 15 is 0 Å². The molecule has 0 aliphatic rings. The first-order chi connectivity index (χ1) is 8.59. The number of fused-ring (bicyclic) bond motifs is 1. The average Bonchev–Trinajstić information content (AvgIpc) is 2.35. The van der Waals surface area contributed by atoms with Crippen molar-refractivity contribution in [3.63, 3.8) is 0 Å². The second kappa shape index (κ2) is 5.04. The van der Waals surface area contributed by atoms with E-state index in [1.165, 1.54) is 6.20 Å². The van der Waals surface area contributed by atoms with Crippen LogP contribution in [-0.4, -0.2) is 22.7 Å². The molecule has 0 saturated carbocycles. The fourth-order valence-electron chi connectivity index (χ4n) is 1.67. The zero-order chi connectivity index (χ0) is 13.1. The molecule has 0 fully saturated rings. The van der Waals surface area contributed by atoms with Gasteiger partial charge in [-0.2, -0.15) is 0 Å². The van der Waals surface area contributed by atoms with Crippen LogP contribution in [0.5, 0.6) is 5.75 Å². The van der Waals surface area contributed by atoms with Crippen molar-refractivity contribution >= 4 is 16.9 Å². The molecule has 18 heavy (non-hydrogen) atoms. The molecule has 0 saturated heterocycles. The maximum atomic E-state index is 11.2. The summed E-state index contributed by atoms with van der Waals surface area (Å²) in [6.07, 6.45) is 1.35. The molecule has 0 amide bonds. The van der Waals surface area contributed by atoms with Crippen molar-refractivity contribution in [3.05, 3.63) is 36.0 Å². The Morgan fingerprint density at radius 3 is 2.78 bits per heavy atom. The average molecular weight is 245 g/mol. The van der Waals surface area contributed by atoms with Crippen molar-refractivity contribution in [3.8, 4) is 5.75 Å². The second-order valence-electron chi connectivity index (χ2n) is 4.53. The predicted octanol–water partition coefficient (Wildman–Crippen LogP) is 2.97. The third-order valence-electron chi connectivity index (χ3n) is 2.52. The number of hydrogen-bond acceptors (Lipinski definition) is 3. The van der Waals surface area contributed by atoms with Crippen LogP contribution in [-0.2, 0) is 0 Å². The summed E-state index contributed by atoms with van der Waals surface area (Å²) in [4.78, 5) is 15.3. The molecule has 94 valence electrons. The molecule has 0 atom stereocenters. The third kappa shape index (κ3) is 2.42. The molecule has 1 N–H and O–H groups in total. The van der Waals surface area contributed by atoms with Crippen LogP contribution in [0.3, 0.4) is 0 Å². The SMILES string of the molecule is CC(C)COc1c(C(=O)O)cnc2ccccc12. The van der Waals surface area contributed by atoms with Gasteiger partial charge in [-0.05, 0) is 18.1 Å². The van der Waals surface area contributed by atoms with Crippen molar-refractivity contribution in [1.82, 2.24) is 4.98 Å². The number of ether oxygens (including phenoxy) is 1. The van der Waals surface area contributed by atoms with Crippen molar-refractivity contribution in [2.45, 2.75) is 13.8 Å². The molecule has 4 heteroatoms. The summed E-state index contributed by atoms with van der Waals surface area (Å²) in [5.41, 5.74) is 0.843. The van der Waals surface area contributed by atoms with E-state index in [1.807, 2.05) is 38.1 Å². The van der Waals surface area contributed by atoms with E-state index < -0.39 is 5.97 Å². The fourth-order valence-corrected chi connectivity index (χ4v) is 1.67. The molecule has 1 heterocycles. The van der Waals surface area contributed by atoms with Gasteiger partial charge in [-0.3, -0.25) is 4.98 Å². The number of para-hydroxylation sites is 1. The number of hydrogen-bond donors (Lipinski definition) is 1. The van der Waals surface area contributed by atoms with Gasteiger partial charge in [0.15, 0.2) is 0 Å². The molecular weight excluding hydrogens is 230 g/mol. The molecule has 4 nitrogen and oxygen atoms in total. The predicted molar refractivity (Wildman–Crippen MR) is 69.0 cm³/mol. The van der Waals surface area contributed by atoms with Gasteiger partial charge in [0.1, 0.15) is 11.3 Å². The van der Waals surface area contributed by atoms with Crippen LogP contribution in [0.15, 0.2) is 30.5 Å². The number of pyridine rings is 1. The highest BCUT2D eigenvalue weighted by Gasteiger charge is 2.16. The van der Waals surface area contributed by atoms with Gasteiger partial charge >= 0.3 is 5.97 Å². The highest BCUT2D eigenvalue weighted by molar-refractivity contribution is 5.98. The van der Waals surface area contributed by atoms with Gasteiger partial charge in [-0.1, -0.05) is 26.0 Å². The lowest BCUT2D eigenvalue weighted by molar-refractivity contribution is 0.0691. The largest absolute Gasteiger partial charge is 0.492 e. The molecular formula is C14H15NO3.